The van der Waals surface area contributed by atoms with Gasteiger partial charge < -0.3 is 21.5 Å². The molecule has 114 valence electrons. The molecule has 0 aromatic carbocycles. The summed E-state index contributed by atoms with van der Waals surface area (Å²) in [6.07, 6.45) is -0.0282. The number of ketones is 1. The Morgan fingerprint density at radius 2 is 1.85 bits per heavy atom. The van der Waals surface area contributed by atoms with E-state index < -0.39 is 29.7 Å². The zero-order valence-electron chi connectivity index (χ0n) is 11.6. The highest BCUT2D eigenvalue weighted by Gasteiger charge is 2.21. The molecule has 0 saturated heterocycles. The molecule has 0 heterocycles. The topological polar surface area (TPSA) is 139 Å². The smallest absolute Gasteiger partial charge is 0.306 e. The fraction of sp³-hybridized carbons (Fsp3) is 0.667. The maximum atomic E-state index is 11.7. The molecule has 0 aromatic heterocycles. The van der Waals surface area contributed by atoms with Gasteiger partial charge in [0, 0.05) is 25.9 Å². The number of nitrogens with one attached hydrogen (secondary N) is 2. The fourth-order valence-corrected chi connectivity index (χ4v) is 1.34. The largest absolute Gasteiger partial charge is 0.481 e. The predicted molar refractivity (Wildman–Crippen MR) is 70.7 cm³/mol. The first-order valence-electron chi connectivity index (χ1n) is 6.27. The second kappa shape index (κ2) is 9.03. The third kappa shape index (κ3) is 7.47. The van der Waals surface area contributed by atoms with Crippen LogP contribution in [0, 0.1) is 5.92 Å². The molecule has 0 aromatic rings. The molecule has 2 amide bonds. The van der Waals surface area contributed by atoms with Gasteiger partial charge >= 0.3 is 5.97 Å². The van der Waals surface area contributed by atoms with E-state index in [1.165, 1.54) is 13.8 Å². The molecular formula is C12H21N3O5. The highest BCUT2D eigenvalue weighted by molar-refractivity contribution is 5.89. The number of Topliss-reactive ketones (excluding diaryl/α,β-unsaturated/α-hetero) is 1. The van der Waals surface area contributed by atoms with E-state index in [1.54, 1.807) is 0 Å². The van der Waals surface area contributed by atoms with Gasteiger partial charge in [-0.1, -0.05) is 6.92 Å². The number of carboxylic acid groups (broad SMARTS) is 1. The number of hydrogen-bond acceptors (Lipinski definition) is 5. The summed E-state index contributed by atoms with van der Waals surface area (Å²) in [6, 6.07) is -0.935. The Morgan fingerprint density at radius 1 is 1.25 bits per heavy atom. The van der Waals surface area contributed by atoms with Crippen LogP contribution in [0.3, 0.4) is 0 Å². The summed E-state index contributed by atoms with van der Waals surface area (Å²) >= 11 is 0. The third-order valence-corrected chi connectivity index (χ3v) is 2.58. The quantitative estimate of drug-likeness (QED) is 0.413. The molecule has 0 aliphatic rings. The lowest BCUT2D eigenvalue weighted by atomic mass is 10.1. The fourth-order valence-electron chi connectivity index (χ4n) is 1.34. The van der Waals surface area contributed by atoms with Crippen LogP contribution in [0.15, 0.2) is 0 Å². The highest BCUT2D eigenvalue weighted by atomic mass is 16.4. The number of aliphatic carboxylic acids is 1. The van der Waals surface area contributed by atoms with Crippen LogP contribution < -0.4 is 16.4 Å². The SMILES string of the molecule is CC(=O)CCNC(=O)[C@H](CN)NC(=O)CC(C)C(=O)O. The molecule has 0 fully saturated rings. The maximum Gasteiger partial charge on any atom is 0.306 e. The van der Waals surface area contributed by atoms with Crippen LogP contribution in [0.5, 0.6) is 0 Å². The minimum absolute atomic E-state index is 0.0612. The van der Waals surface area contributed by atoms with Crippen LogP contribution in [0.4, 0.5) is 0 Å². The minimum atomic E-state index is -1.09. The van der Waals surface area contributed by atoms with Gasteiger partial charge in [0.2, 0.25) is 11.8 Å². The number of carbonyl (C=O) groups excluding carboxylic acids is 3. The van der Waals surface area contributed by atoms with Crippen molar-refractivity contribution in [3.63, 3.8) is 0 Å². The lowest BCUT2D eigenvalue weighted by Gasteiger charge is -2.17. The van der Waals surface area contributed by atoms with E-state index in [4.69, 9.17) is 10.8 Å². The Morgan fingerprint density at radius 3 is 2.30 bits per heavy atom. The summed E-state index contributed by atoms with van der Waals surface area (Å²) in [5.74, 6) is -3.04. The van der Waals surface area contributed by atoms with Crippen molar-refractivity contribution in [3.05, 3.63) is 0 Å². The first-order chi connectivity index (χ1) is 9.27. The van der Waals surface area contributed by atoms with Gasteiger partial charge in [0.05, 0.1) is 5.92 Å². The monoisotopic (exact) mass is 287 g/mol. The summed E-state index contributed by atoms with van der Waals surface area (Å²) in [4.78, 5) is 44.6. The van der Waals surface area contributed by atoms with E-state index in [0.29, 0.717) is 0 Å². The van der Waals surface area contributed by atoms with E-state index in [9.17, 15) is 19.2 Å². The number of hydrogen-bond donors (Lipinski definition) is 4. The Bertz CT molecular complexity index is 383. The molecule has 0 spiro atoms. The molecular weight excluding hydrogens is 266 g/mol. The van der Waals surface area contributed by atoms with E-state index in [1.807, 2.05) is 0 Å². The first kappa shape index (κ1) is 18.0. The molecule has 0 bridgehead atoms. The third-order valence-electron chi connectivity index (χ3n) is 2.58. The number of amides is 2. The lowest BCUT2D eigenvalue weighted by molar-refractivity contribution is -0.143. The maximum absolute atomic E-state index is 11.7. The molecule has 0 radical (unpaired) electrons. The Labute approximate surface area is 117 Å². The average molecular weight is 287 g/mol. The second-order valence-electron chi connectivity index (χ2n) is 4.54. The minimum Gasteiger partial charge on any atom is -0.481 e. The van der Waals surface area contributed by atoms with Crippen molar-refractivity contribution < 1.29 is 24.3 Å². The molecule has 8 nitrogen and oxygen atoms in total. The second-order valence-corrected chi connectivity index (χ2v) is 4.54. The van der Waals surface area contributed by atoms with Gasteiger partial charge in [-0.3, -0.25) is 19.2 Å². The van der Waals surface area contributed by atoms with Crippen molar-refractivity contribution >= 4 is 23.6 Å². The average Bonchev–Trinajstić information content (AvgIpc) is 2.34. The standard InChI is InChI=1S/C12H21N3O5/c1-7(12(19)20)5-10(17)15-9(6-13)11(18)14-4-3-8(2)16/h7,9H,3-6,13H2,1-2H3,(H,14,18)(H,15,17)(H,19,20)/t7?,9-/m0/s1. The van der Waals surface area contributed by atoms with Gasteiger partial charge in [0.15, 0.2) is 0 Å². The van der Waals surface area contributed by atoms with Gasteiger partial charge in [0.25, 0.3) is 0 Å². The number of nitrogens with two attached hydrogens (primary N) is 1. The number of carbonyl (C=O) groups is 4. The van der Waals surface area contributed by atoms with Crippen LogP contribution in [-0.4, -0.2) is 47.8 Å². The van der Waals surface area contributed by atoms with Crippen LogP contribution in [0.2, 0.25) is 0 Å². The van der Waals surface area contributed by atoms with Crippen LogP contribution in [0.25, 0.3) is 0 Å². The van der Waals surface area contributed by atoms with Gasteiger partial charge in [0.1, 0.15) is 11.8 Å². The van der Waals surface area contributed by atoms with Crippen molar-refractivity contribution in [2.75, 3.05) is 13.1 Å². The molecule has 0 rings (SSSR count). The summed E-state index contributed by atoms with van der Waals surface area (Å²) in [6.45, 7) is 2.86. The van der Waals surface area contributed by atoms with Gasteiger partial charge in [-0.25, -0.2) is 0 Å². The van der Waals surface area contributed by atoms with Crippen molar-refractivity contribution in [2.24, 2.45) is 11.7 Å². The van der Waals surface area contributed by atoms with Crippen molar-refractivity contribution in [3.8, 4) is 0 Å². The van der Waals surface area contributed by atoms with Gasteiger partial charge in [-0.15, -0.1) is 0 Å². The van der Waals surface area contributed by atoms with Gasteiger partial charge in [-0.2, -0.15) is 0 Å². The van der Waals surface area contributed by atoms with Crippen molar-refractivity contribution in [1.82, 2.24) is 10.6 Å². The van der Waals surface area contributed by atoms with E-state index in [-0.39, 0.29) is 31.7 Å². The summed E-state index contributed by atoms with van der Waals surface area (Å²) in [5.41, 5.74) is 5.39. The van der Waals surface area contributed by atoms with E-state index >= 15 is 0 Å². The Hall–Kier alpha value is -1.96. The van der Waals surface area contributed by atoms with Crippen LogP contribution in [0.1, 0.15) is 26.7 Å². The number of rotatable bonds is 9. The molecule has 0 aliphatic heterocycles. The summed E-state index contributed by atoms with van der Waals surface area (Å²) < 4.78 is 0. The molecule has 5 N–H and O–H groups in total. The first-order valence-corrected chi connectivity index (χ1v) is 6.27. The molecule has 1 unspecified atom stereocenters. The van der Waals surface area contributed by atoms with Crippen LogP contribution in [-0.2, 0) is 19.2 Å². The summed E-state index contributed by atoms with van der Waals surface area (Å²) in [7, 11) is 0. The Kier molecular flexibility index (Phi) is 8.14. The number of carboxylic acids is 1. The van der Waals surface area contributed by atoms with Crippen molar-refractivity contribution in [1.29, 1.82) is 0 Å². The molecule has 0 aliphatic carbocycles. The lowest BCUT2D eigenvalue weighted by Crippen LogP contribution is -2.51. The Balaban J connectivity index is 4.25. The van der Waals surface area contributed by atoms with E-state index in [0.717, 1.165) is 0 Å². The van der Waals surface area contributed by atoms with Crippen LogP contribution >= 0.6 is 0 Å². The summed E-state index contributed by atoms with van der Waals surface area (Å²) in [5, 5.41) is 13.5. The van der Waals surface area contributed by atoms with Gasteiger partial charge in [-0.05, 0) is 6.92 Å². The highest BCUT2D eigenvalue weighted by Crippen LogP contribution is 2.01. The van der Waals surface area contributed by atoms with E-state index in [2.05, 4.69) is 10.6 Å². The zero-order valence-corrected chi connectivity index (χ0v) is 11.6. The molecule has 2 atom stereocenters. The molecule has 0 saturated carbocycles. The normalized spacial score (nSPS) is 13.2. The molecule has 8 heteroatoms. The predicted octanol–water partition coefficient (Wildman–Crippen LogP) is -1.36. The zero-order chi connectivity index (χ0) is 15.7. The van der Waals surface area contributed by atoms with Crippen molar-refractivity contribution in [2.45, 2.75) is 32.7 Å². The molecule has 20 heavy (non-hydrogen) atoms.